The SMILES string of the molecule is C=CC(=O)NC1CN(C(=O)Cc2ccc(Cl)cn2)CCC1(F)F. The van der Waals surface area contributed by atoms with Gasteiger partial charge in [0.1, 0.15) is 6.04 Å². The van der Waals surface area contributed by atoms with Crippen LogP contribution in [0.1, 0.15) is 12.1 Å². The number of rotatable bonds is 4. The normalized spacial score (nSPS) is 20.0. The summed E-state index contributed by atoms with van der Waals surface area (Å²) in [7, 11) is 0. The van der Waals surface area contributed by atoms with Crippen LogP contribution in [0.15, 0.2) is 31.0 Å². The minimum absolute atomic E-state index is 0.00906. The molecule has 2 rings (SSSR count). The van der Waals surface area contributed by atoms with Crippen LogP contribution in [0.5, 0.6) is 0 Å². The van der Waals surface area contributed by atoms with E-state index in [-0.39, 0.29) is 25.4 Å². The molecule has 0 aromatic carbocycles. The summed E-state index contributed by atoms with van der Waals surface area (Å²) in [6.45, 7) is 2.91. The van der Waals surface area contributed by atoms with Crippen molar-refractivity contribution in [3.63, 3.8) is 0 Å². The molecule has 1 aromatic rings. The van der Waals surface area contributed by atoms with Crippen molar-refractivity contribution in [2.75, 3.05) is 13.1 Å². The number of aromatic nitrogens is 1. The molecule has 2 amide bonds. The number of halogens is 3. The summed E-state index contributed by atoms with van der Waals surface area (Å²) in [6.07, 6.45) is 1.83. The van der Waals surface area contributed by atoms with Crippen LogP contribution in [-0.2, 0) is 16.0 Å². The molecule has 0 spiro atoms. The van der Waals surface area contributed by atoms with Crippen LogP contribution in [0.2, 0.25) is 5.02 Å². The quantitative estimate of drug-likeness (QED) is 0.848. The van der Waals surface area contributed by atoms with Crippen molar-refractivity contribution < 1.29 is 18.4 Å². The summed E-state index contributed by atoms with van der Waals surface area (Å²) >= 11 is 5.72. The Bertz CT molecular complexity index is 607. The maximum Gasteiger partial charge on any atom is 0.271 e. The number of alkyl halides is 2. The molecule has 0 bridgehead atoms. The molecule has 5 nitrogen and oxygen atoms in total. The first-order valence-electron chi connectivity index (χ1n) is 7.01. The number of likely N-dealkylation sites (tertiary alicyclic amines) is 1. The van der Waals surface area contributed by atoms with E-state index >= 15 is 0 Å². The highest BCUT2D eigenvalue weighted by Gasteiger charge is 2.45. The Morgan fingerprint density at radius 2 is 2.26 bits per heavy atom. The Balaban J connectivity index is 2.02. The van der Waals surface area contributed by atoms with Gasteiger partial charge >= 0.3 is 0 Å². The number of piperidine rings is 1. The number of hydrogen-bond donors (Lipinski definition) is 1. The van der Waals surface area contributed by atoms with E-state index < -0.39 is 24.3 Å². The van der Waals surface area contributed by atoms with Crippen LogP contribution >= 0.6 is 11.6 Å². The molecule has 1 fully saturated rings. The molecule has 1 unspecified atom stereocenters. The molecule has 1 saturated heterocycles. The largest absolute Gasteiger partial charge is 0.342 e. The van der Waals surface area contributed by atoms with Gasteiger partial charge in [0.2, 0.25) is 11.8 Å². The zero-order valence-electron chi connectivity index (χ0n) is 12.3. The fourth-order valence-corrected chi connectivity index (χ4v) is 2.40. The molecule has 2 heterocycles. The first-order chi connectivity index (χ1) is 10.8. The summed E-state index contributed by atoms with van der Waals surface area (Å²) < 4.78 is 27.7. The lowest BCUT2D eigenvalue weighted by Gasteiger charge is -2.38. The molecule has 1 atom stereocenters. The fourth-order valence-electron chi connectivity index (χ4n) is 2.29. The number of nitrogens with zero attached hydrogens (tertiary/aromatic N) is 2. The van der Waals surface area contributed by atoms with Crippen molar-refractivity contribution in [3.8, 4) is 0 Å². The van der Waals surface area contributed by atoms with E-state index in [1.807, 2.05) is 0 Å². The maximum absolute atomic E-state index is 13.9. The number of nitrogens with one attached hydrogen (secondary N) is 1. The van der Waals surface area contributed by atoms with Crippen LogP contribution in [0.3, 0.4) is 0 Å². The predicted octanol–water partition coefficient (Wildman–Crippen LogP) is 1.82. The highest BCUT2D eigenvalue weighted by atomic mass is 35.5. The highest BCUT2D eigenvalue weighted by molar-refractivity contribution is 6.30. The van der Waals surface area contributed by atoms with Gasteiger partial charge in [0, 0.05) is 31.4 Å². The van der Waals surface area contributed by atoms with E-state index in [9.17, 15) is 18.4 Å². The molecule has 0 saturated carbocycles. The van der Waals surface area contributed by atoms with Gasteiger partial charge in [-0.3, -0.25) is 14.6 Å². The fraction of sp³-hybridized carbons (Fsp3) is 0.400. The van der Waals surface area contributed by atoms with E-state index in [0.29, 0.717) is 10.7 Å². The van der Waals surface area contributed by atoms with E-state index in [2.05, 4.69) is 16.9 Å². The Labute approximate surface area is 137 Å². The molecule has 23 heavy (non-hydrogen) atoms. The standard InChI is InChI=1S/C15H16ClF2N3O2/c1-2-13(22)20-12-9-21(6-5-15(12,17)18)14(23)7-11-4-3-10(16)8-19-11/h2-4,8,12H,1,5-7,9H2,(H,20,22). The Hall–Kier alpha value is -2.02. The van der Waals surface area contributed by atoms with Crippen molar-refractivity contribution in [2.24, 2.45) is 0 Å². The average Bonchev–Trinajstić information content (AvgIpc) is 2.51. The summed E-state index contributed by atoms with van der Waals surface area (Å²) in [6, 6.07) is 1.79. The summed E-state index contributed by atoms with van der Waals surface area (Å²) in [4.78, 5) is 28.8. The smallest absolute Gasteiger partial charge is 0.271 e. The second-order valence-corrected chi connectivity index (χ2v) is 5.70. The van der Waals surface area contributed by atoms with Gasteiger partial charge in [-0.05, 0) is 18.2 Å². The molecule has 8 heteroatoms. The second-order valence-electron chi connectivity index (χ2n) is 5.26. The summed E-state index contributed by atoms with van der Waals surface area (Å²) in [5.41, 5.74) is 0.503. The Morgan fingerprint density at radius 3 is 2.87 bits per heavy atom. The molecule has 1 aliphatic rings. The maximum atomic E-state index is 13.9. The minimum atomic E-state index is -3.06. The third kappa shape index (κ3) is 4.48. The zero-order chi connectivity index (χ0) is 17.0. The van der Waals surface area contributed by atoms with E-state index in [4.69, 9.17) is 11.6 Å². The zero-order valence-corrected chi connectivity index (χ0v) is 13.0. The lowest BCUT2D eigenvalue weighted by molar-refractivity contribution is -0.142. The summed E-state index contributed by atoms with van der Waals surface area (Å²) in [5, 5.41) is 2.63. The van der Waals surface area contributed by atoms with Crippen molar-refractivity contribution in [1.82, 2.24) is 15.2 Å². The van der Waals surface area contributed by atoms with Crippen LogP contribution < -0.4 is 5.32 Å². The van der Waals surface area contributed by atoms with Crippen LogP contribution in [0.25, 0.3) is 0 Å². The lowest BCUT2D eigenvalue weighted by Crippen LogP contribution is -2.59. The van der Waals surface area contributed by atoms with E-state index in [1.165, 1.54) is 11.1 Å². The van der Waals surface area contributed by atoms with Crippen molar-refractivity contribution in [2.45, 2.75) is 24.8 Å². The van der Waals surface area contributed by atoms with Crippen LogP contribution in [0.4, 0.5) is 8.78 Å². The molecule has 0 radical (unpaired) electrons. The first kappa shape index (κ1) is 17.3. The van der Waals surface area contributed by atoms with Gasteiger partial charge in [-0.15, -0.1) is 0 Å². The van der Waals surface area contributed by atoms with Gasteiger partial charge in [-0.25, -0.2) is 8.78 Å². The topological polar surface area (TPSA) is 62.3 Å². The minimum Gasteiger partial charge on any atom is -0.342 e. The van der Waals surface area contributed by atoms with Gasteiger partial charge in [-0.1, -0.05) is 18.2 Å². The van der Waals surface area contributed by atoms with Crippen molar-refractivity contribution >= 4 is 23.4 Å². The lowest BCUT2D eigenvalue weighted by atomic mass is 10.00. The van der Waals surface area contributed by atoms with E-state index in [1.54, 1.807) is 12.1 Å². The van der Waals surface area contributed by atoms with Gasteiger partial charge in [0.05, 0.1) is 11.4 Å². The van der Waals surface area contributed by atoms with Crippen molar-refractivity contribution in [1.29, 1.82) is 0 Å². The Kier molecular flexibility index (Phi) is 5.30. The molecular formula is C15H16ClF2N3O2. The summed E-state index contributed by atoms with van der Waals surface area (Å²) in [5.74, 6) is -4.08. The number of amides is 2. The molecule has 1 aliphatic heterocycles. The molecular weight excluding hydrogens is 328 g/mol. The number of carbonyl (C=O) groups excluding carboxylic acids is 2. The van der Waals surface area contributed by atoms with Crippen LogP contribution in [-0.4, -0.2) is 46.8 Å². The molecule has 0 aliphatic carbocycles. The monoisotopic (exact) mass is 343 g/mol. The van der Waals surface area contributed by atoms with Gasteiger partial charge in [0.25, 0.3) is 5.92 Å². The number of hydrogen-bond acceptors (Lipinski definition) is 3. The first-order valence-corrected chi connectivity index (χ1v) is 7.38. The Morgan fingerprint density at radius 1 is 1.52 bits per heavy atom. The third-order valence-corrected chi connectivity index (χ3v) is 3.83. The van der Waals surface area contributed by atoms with Gasteiger partial charge in [-0.2, -0.15) is 0 Å². The van der Waals surface area contributed by atoms with Gasteiger partial charge < -0.3 is 10.2 Å². The highest BCUT2D eigenvalue weighted by Crippen LogP contribution is 2.28. The predicted molar refractivity (Wildman–Crippen MR) is 81.2 cm³/mol. The molecule has 1 aromatic heterocycles. The van der Waals surface area contributed by atoms with E-state index in [0.717, 1.165) is 6.08 Å². The molecule has 124 valence electrons. The van der Waals surface area contributed by atoms with Gasteiger partial charge in [0.15, 0.2) is 0 Å². The van der Waals surface area contributed by atoms with Crippen molar-refractivity contribution in [3.05, 3.63) is 41.7 Å². The molecule has 1 N–H and O–H groups in total. The second kappa shape index (κ2) is 7.04. The number of carbonyl (C=O) groups is 2. The van der Waals surface area contributed by atoms with Crippen LogP contribution in [0, 0.1) is 0 Å². The number of pyridine rings is 1. The average molecular weight is 344 g/mol. The third-order valence-electron chi connectivity index (χ3n) is 3.60.